The lowest BCUT2D eigenvalue weighted by Gasteiger charge is -2.36. The SMILES string of the molecule is CC(CN1CCN(c2ccccn2)CC1)NC(=O)CNC(=O)[C@@H](N)C(C)C. The van der Waals surface area contributed by atoms with E-state index in [0.29, 0.717) is 0 Å². The van der Waals surface area contributed by atoms with Crippen LogP contribution >= 0.6 is 0 Å². The number of nitrogens with two attached hydrogens (primary N) is 1. The quantitative estimate of drug-likeness (QED) is 0.581. The number of anilines is 1. The molecular formula is C19H32N6O2. The molecule has 1 aliphatic rings. The van der Waals surface area contributed by atoms with Crippen LogP contribution in [0.5, 0.6) is 0 Å². The van der Waals surface area contributed by atoms with Crippen LogP contribution in [-0.4, -0.2) is 73.1 Å². The van der Waals surface area contributed by atoms with Gasteiger partial charge in [-0.15, -0.1) is 0 Å². The number of amides is 2. The Morgan fingerprint density at radius 1 is 1.19 bits per heavy atom. The monoisotopic (exact) mass is 376 g/mol. The fraction of sp³-hybridized carbons (Fsp3) is 0.632. The number of rotatable bonds is 8. The summed E-state index contributed by atoms with van der Waals surface area (Å²) >= 11 is 0. The number of aromatic nitrogens is 1. The van der Waals surface area contributed by atoms with Gasteiger partial charge in [0.15, 0.2) is 0 Å². The second-order valence-corrected chi connectivity index (χ2v) is 7.43. The molecule has 1 fully saturated rings. The first kappa shape index (κ1) is 21.1. The summed E-state index contributed by atoms with van der Waals surface area (Å²) in [4.78, 5) is 32.8. The van der Waals surface area contributed by atoms with Crippen molar-refractivity contribution < 1.29 is 9.59 Å². The number of hydrogen-bond acceptors (Lipinski definition) is 6. The lowest BCUT2D eigenvalue weighted by Crippen LogP contribution is -2.52. The highest BCUT2D eigenvalue weighted by molar-refractivity contribution is 5.87. The molecule has 4 N–H and O–H groups in total. The van der Waals surface area contributed by atoms with Gasteiger partial charge in [-0.05, 0) is 25.0 Å². The fourth-order valence-corrected chi connectivity index (χ4v) is 3.05. The molecule has 1 aromatic heterocycles. The standard InChI is InChI=1S/C19H32N6O2/c1-14(2)18(20)19(27)22-12-17(26)23-15(3)13-24-8-10-25(11-9-24)16-6-4-5-7-21-16/h4-7,14-15,18H,8-13,20H2,1-3H3,(H,22,27)(H,23,26)/t15?,18-/m0/s1. The van der Waals surface area contributed by atoms with Crippen molar-refractivity contribution in [1.82, 2.24) is 20.5 Å². The van der Waals surface area contributed by atoms with E-state index in [2.05, 4.69) is 25.4 Å². The molecule has 0 radical (unpaired) electrons. The maximum absolute atomic E-state index is 12.0. The van der Waals surface area contributed by atoms with Gasteiger partial charge in [-0.3, -0.25) is 14.5 Å². The van der Waals surface area contributed by atoms with Crippen LogP contribution in [0.3, 0.4) is 0 Å². The minimum absolute atomic E-state index is 0.00887. The highest BCUT2D eigenvalue weighted by Gasteiger charge is 2.21. The average molecular weight is 377 g/mol. The highest BCUT2D eigenvalue weighted by Crippen LogP contribution is 2.12. The third-order valence-electron chi connectivity index (χ3n) is 4.73. The smallest absolute Gasteiger partial charge is 0.239 e. The van der Waals surface area contributed by atoms with Crippen LogP contribution in [0.15, 0.2) is 24.4 Å². The number of hydrogen-bond donors (Lipinski definition) is 3. The molecule has 150 valence electrons. The van der Waals surface area contributed by atoms with E-state index in [1.54, 1.807) is 0 Å². The van der Waals surface area contributed by atoms with E-state index in [-0.39, 0.29) is 30.3 Å². The molecule has 2 heterocycles. The number of carbonyl (C=O) groups excluding carboxylic acids is 2. The van der Waals surface area contributed by atoms with Gasteiger partial charge in [0.1, 0.15) is 5.82 Å². The topological polar surface area (TPSA) is 104 Å². The second kappa shape index (κ2) is 10.2. The Hall–Kier alpha value is -2.19. The number of piperazine rings is 1. The first-order chi connectivity index (χ1) is 12.9. The van der Waals surface area contributed by atoms with Gasteiger partial charge in [0.25, 0.3) is 0 Å². The van der Waals surface area contributed by atoms with Gasteiger partial charge in [0, 0.05) is 45.0 Å². The Bertz CT molecular complexity index is 601. The predicted molar refractivity (Wildman–Crippen MR) is 106 cm³/mol. The molecule has 0 bridgehead atoms. The van der Waals surface area contributed by atoms with Crippen LogP contribution in [0.25, 0.3) is 0 Å². The Morgan fingerprint density at radius 3 is 2.48 bits per heavy atom. The first-order valence-electron chi connectivity index (χ1n) is 9.57. The van der Waals surface area contributed by atoms with E-state index in [4.69, 9.17) is 5.73 Å². The van der Waals surface area contributed by atoms with Gasteiger partial charge >= 0.3 is 0 Å². The number of carbonyl (C=O) groups is 2. The molecule has 1 unspecified atom stereocenters. The molecule has 0 aliphatic carbocycles. The van der Waals surface area contributed by atoms with Crippen LogP contribution in [0.1, 0.15) is 20.8 Å². The van der Waals surface area contributed by atoms with Crippen molar-refractivity contribution in [3.05, 3.63) is 24.4 Å². The summed E-state index contributed by atoms with van der Waals surface area (Å²) < 4.78 is 0. The van der Waals surface area contributed by atoms with Gasteiger partial charge in [0.2, 0.25) is 11.8 Å². The van der Waals surface area contributed by atoms with Gasteiger partial charge in [0.05, 0.1) is 12.6 Å². The van der Waals surface area contributed by atoms with E-state index in [0.717, 1.165) is 38.5 Å². The Labute approximate surface area is 161 Å². The summed E-state index contributed by atoms with van der Waals surface area (Å²) in [5.41, 5.74) is 5.77. The maximum atomic E-state index is 12.0. The summed E-state index contributed by atoms with van der Waals surface area (Å²) in [7, 11) is 0. The molecule has 1 aromatic rings. The third-order valence-corrected chi connectivity index (χ3v) is 4.73. The molecule has 8 nitrogen and oxygen atoms in total. The number of pyridine rings is 1. The summed E-state index contributed by atoms with van der Waals surface area (Å²) in [6.45, 7) is 10.2. The van der Waals surface area contributed by atoms with Crippen molar-refractivity contribution in [3.63, 3.8) is 0 Å². The summed E-state index contributed by atoms with van der Waals surface area (Å²) in [5.74, 6) is 0.558. The lowest BCUT2D eigenvalue weighted by atomic mass is 10.1. The molecule has 0 aromatic carbocycles. The zero-order valence-electron chi connectivity index (χ0n) is 16.5. The van der Waals surface area contributed by atoms with E-state index in [1.165, 1.54) is 0 Å². The van der Waals surface area contributed by atoms with E-state index >= 15 is 0 Å². The molecule has 27 heavy (non-hydrogen) atoms. The van der Waals surface area contributed by atoms with Crippen LogP contribution in [0.4, 0.5) is 5.82 Å². The van der Waals surface area contributed by atoms with Crippen LogP contribution < -0.4 is 21.3 Å². The van der Waals surface area contributed by atoms with Crippen molar-refractivity contribution in [2.75, 3.05) is 44.2 Å². The summed E-state index contributed by atoms with van der Waals surface area (Å²) in [5, 5.41) is 5.52. The summed E-state index contributed by atoms with van der Waals surface area (Å²) in [6.07, 6.45) is 1.81. The second-order valence-electron chi connectivity index (χ2n) is 7.43. The number of nitrogens with one attached hydrogen (secondary N) is 2. The molecule has 1 aliphatic heterocycles. The van der Waals surface area contributed by atoms with Crippen molar-refractivity contribution in [3.8, 4) is 0 Å². The van der Waals surface area contributed by atoms with Crippen molar-refractivity contribution in [1.29, 1.82) is 0 Å². The zero-order valence-corrected chi connectivity index (χ0v) is 16.5. The molecule has 0 saturated carbocycles. The van der Waals surface area contributed by atoms with Gasteiger partial charge < -0.3 is 21.3 Å². The largest absolute Gasteiger partial charge is 0.354 e. The minimum atomic E-state index is -0.592. The van der Waals surface area contributed by atoms with Gasteiger partial charge in [-0.25, -0.2) is 4.98 Å². The lowest BCUT2D eigenvalue weighted by molar-refractivity contribution is -0.127. The maximum Gasteiger partial charge on any atom is 0.239 e. The third kappa shape index (κ3) is 6.80. The van der Waals surface area contributed by atoms with E-state index < -0.39 is 6.04 Å². The highest BCUT2D eigenvalue weighted by atomic mass is 16.2. The first-order valence-corrected chi connectivity index (χ1v) is 9.57. The minimum Gasteiger partial charge on any atom is -0.354 e. The van der Waals surface area contributed by atoms with E-state index in [1.807, 2.05) is 45.2 Å². The molecule has 2 atom stereocenters. The fourth-order valence-electron chi connectivity index (χ4n) is 3.05. The Kier molecular flexibility index (Phi) is 7.99. The zero-order chi connectivity index (χ0) is 19.8. The van der Waals surface area contributed by atoms with Crippen LogP contribution in [0.2, 0.25) is 0 Å². The van der Waals surface area contributed by atoms with Crippen molar-refractivity contribution >= 4 is 17.6 Å². The number of nitrogens with zero attached hydrogens (tertiary/aromatic N) is 3. The molecule has 1 saturated heterocycles. The normalized spacial score (nSPS) is 17.4. The van der Waals surface area contributed by atoms with Crippen molar-refractivity contribution in [2.24, 2.45) is 11.7 Å². The predicted octanol–water partition coefficient (Wildman–Crippen LogP) is -0.192. The van der Waals surface area contributed by atoms with E-state index in [9.17, 15) is 9.59 Å². The molecule has 0 spiro atoms. The Morgan fingerprint density at radius 2 is 1.89 bits per heavy atom. The molecule has 2 rings (SSSR count). The summed E-state index contributed by atoms with van der Waals surface area (Å²) in [6, 6.07) is 5.36. The van der Waals surface area contributed by atoms with Gasteiger partial charge in [-0.2, -0.15) is 0 Å². The molecular weight excluding hydrogens is 344 g/mol. The average Bonchev–Trinajstić information content (AvgIpc) is 2.66. The van der Waals surface area contributed by atoms with Gasteiger partial charge in [-0.1, -0.05) is 19.9 Å². The van der Waals surface area contributed by atoms with Crippen LogP contribution in [-0.2, 0) is 9.59 Å². The van der Waals surface area contributed by atoms with Crippen LogP contribution in [0, 0.1) is 5.92 Å². The Balaban J connectivity index is 1.66. The van der Waals surface area contributed by atoms with Crippen molar-refractivity contribution in [2.45, 2.75) is 32.9 Å². The molecule has 2 amide bonds. The molecule has 8 heteroatoms.